The van der Waals surface area contributed by atoms with Crippen LogP contribution in [0.1, 0.15) is 48.9 Å². The van der Waals surface area contributed by atoms with Gasteiger partial charge in [0.15, 0.2) is 0 Å². The second-order valence-corrected chi connectivity index (χ2v) is 11.4. The predicted octanol–water partition coefficient (Wildman–Crippen LogP) is 2.45. The van der Waals surface area contributed by atoms with Crippen LogP contribution in [0.4, 0.5) is 5.82 Å². The number of amides is 2. The first-order chi connectivity index (χ1) is 16.3. The number of hydrogen-bond acceptors (Lipinski definition) is 6. The fourth-order valence-electron chi connectivity index (χ4n) is 5.26. The zero-order valence-corrected chi connectivity index (χ0v) is 20.4. The van der Waals surface area contributed by atoms with Gasteiger partial charge in [-0.1, -0.05) is 30.9 Å². The smallest absolute Gasteiger partial charge is 0.304 e. The fourth-order valence-corrected chi connectivity index (χ4v) is 6.83. The van der Waals surface area contributed by atoms with Crippen LogP contribution < -0.4 is 14.9 Å². The van der Waals surface area contributed by atoms with Gasteiger partial charge >= 0.3 is 10.2 Å². The molecule has 2 aliphatic heterocycles. The second kappa shape index (κ2) is 9.31. The molecular weight excluding hydrogens is 478 g/mol. The number of rotatable bonds is 5. The SMILES string of the molecule is O=C1CN([C@H]2CCN(c3ccc4c(C(=O)NCC5CCCCC5)c(Cl)ccc4n3)C2)S(=O)(=O)N1. The van der Waals surface area contributed by atoms with Crippen LogP contribution in [0.15, 0.2) is 24.3 Å². The number of anilines is 1. The molecule has 9 nitrogen and oxygen atoms in total. The molecule has 3 aliphatic rings. The highest BCUT2D eigenvalue weighted by Crippen LogP contribution is 2.30. The summed E-state index contributed by atoms with van der Waals surface area (Å²) in [4.78, 5) is 31.3. The Hall–Kier alpha value is -2.43. The molecule has 1 saturated carbocycles. The molecule has 1 aromatic carbocycles. The Labute approximate surface area is 204 Å². The lowest BCUT2D eigenvalue weighted by Crippen LogP contribution is -2.40. The summed E-state index contributed by atoms with van der Waals surface area (Å²) < 4.78 is 27.6. The lowest BCUT2D eigenvalue weighted by Gasteiger charge is -2.22. The van der Waals surface area contributed by atoms with Crippen molar-refractivity contribution in [2.45, 2.75) is 44.6 Å². The van der Waals surface area contributed by atoms with E-state index in [1.54, 1.807) is 12.1 Å². The van der Waals surface area contributed by atoms with Gasteiger partial charge in [0.2, 0.25) is 5.91 Å². The van der Waals surface area contributed by atoms with E-state index in [4.69, 9.17) is 16.6 Å². The molecule has 2 N–H and O–H groups in total. The van der Waals surface area contributed by atoms with Crippen LogP contribution in [-0.2, 0) is 15.0 Å². The average molecular weight is 506 g/mol. The number of fused-ring (bicyclic) bond motifs is 1. The van der Waals surface area contributed by atoms with Gasteiger partial charge < -0.3 is 10.2 Å². The molecule has 3 fully saturated rings. The van der Waals surface area contributed by atoms with Crippen molar-refractivity contribution in [3.8, 4) is 0 Å². The van der Waals surface area contributed by atoms with Crippen LogP contribution in [0, 0.1) is 5.92 Å². The molecule has 2 saturated heterocycles. The molecule has 1 atom stereocenters. The van der Waals surface area contributed by atoms with E-state index in [-0.39, 0.29) is 18.5 Å². The Kier molecular flexibility index (Phi) is 6.39. The van der Waals surface area contributed by atoms with Gasteiger partial charge in [0.1, 0.15) is 5.82 Å². The molecule has 3 heterocycles. The number of benzene rings is 1. The summed E-state index contributed by atoms with van der Waals surface area (Å²) in [7, 11) is -3.77. The first kappa shape index (κ1) is 23.3. The van der Waals surface area contributed by atoms with Crippen molar-refractivity contribution in [3.63, 3.8) is 0 Å². The van der Waals surface area contributed by atoms with Crippen LogP contribution in [0.5, 0.6) is 0 Å². The number of carbonyl (C=O) groups excluding carboxylic acids is 2. The molecular formula is C23H28ClN5O4S. The monoisotopic (exact) mass is 505 g/mol. The third-order valence-electron chi connectivity index (χ3n) is 7.05. The summed E-state index contributed by atoms with van der Waals surface area (Å²) in [5.41, 5.74) is 1.08. The van der Waals surface area contributed by atoms with Gasteiger partial charge in [-0.2, -0.15) is 12.7 Å². The molecule has 2 aromatic rings. The highest BCUT2D eigenvalue weighted by Gasteiger charge is 2.41. The Morgan fingerprint density at radius 3 is 2.68 bits per heavy atom. The Morgan fingerprint density at radius 2 is 1.94 bits per heavy atom. The Morgan fingerprint density at radius 1 is 1.15 bits per heavy atom. The van der Waals surface area contributed by atoms with Gasteiger partial charge in [-0.25, -0.2) is 9.71 Å². The van der Waals surface area contributed by atoms with Crippen molar-refractivity contribution in [1.82, 2.24) is 19.3 Å². The minimum atomic E-state index is -3.77. The topological polar surface area (TPSA) is 112 Å². The van der Waals surface area contributed by atoms with Crippen LogP contribution in [-0.4, -0.2) is 61.7 Å². The molecule has 0 unspecified atom stereocenters. The van der Waals surface area contributed by atoms with Crippen molar-refractivity contribution in [3.05, 3.63) is 34.9 Å². The van der Waals surface area contributed by atoms with Crippen molar-refractivity contribution < 1.29 is 18.0 Å². The predicted molar refractivity (Wildman–Crippen MR) is 130 cm³/mol. The lowest BCUT2D eigenvalue weighted by atomic mass is 9.89. The summed E-state index contributed by atoms with van der Waals surface area (Å²) in [5.74, 6) is 0.521. The van der Waals surface area contributed by atoms with E-state index >= 15 is 0 Å². The summed E-state index contributed by atoms with van der Waals surface area (Å²) in [6.07, 6.45) is 6.60. The maximum Gasteiger partial charge on any atom is 0.304 e. The van der Waals surface area contributed by atoms with Crippen molar-refractivity contribution >= 4 is 50.3 Å². The third-order valence-corrected chi connectivity index (χ3v) is 8.90. The first-order valence-electron chi connectivity index (χ1n) is 11.8. The molecule has 11 heteroatoms. The highest BCUT2D eigenvalue weighted by atomic mass is 35.5. The summed E-state index contributed by atoms with van der Waals surface area (Å²) in [6, 6.07) is 6.87. The molecule has 0 bridgehead atoms. The minimum Gasteiger partial charge on any atom is -0.355 e. The second-order valence-electron chi connectivity index (χ2n) is 9.34. The maximum absolute atomic E-state index is 13.0. The van der Waals surface area contributed by atoms with E-state index in [2.05, 4.69) is 5.32 Å². The van der Waals surface area contributed by atoms with E-state index in [1.807, 2.05) is 21.8 Å². The zero-order valence-electron chi connectivity index (χ0n) is 18.8. The molecule has 2 amide bonds. The van der Waals surface area contributed by atoms with Gasteiger partial charge in [0, 0.05) is 31.1 Å². The number of carbonyl (C=O) groups is 2. The van der Waals surface area contributed by atoms with Gasteiger partial charge in [-0.05, 0) is 49.4 Å². The molecule has 0 radical (unpaired) electrons. The van der Waals surface area contributed by atoms with Crippen LogP contribution in [0.2, 0.25) is 5.02 Å². The third kappa shape index (κ3) is 4.58. The standard InChI is InChI=1S/C23H28ClN5O4S/c24-18-7-8-19-17(22(18)23(31)25-12-15-4-2-1-3-5-15)6-9-20(26-19)28-11-10-16(13-28)29-14-21(30)27-34(29,32)33/h6-9,15-16H,1-5,10-14H2,(H,25,31)(H,27,30)/t16-/m0/s1. The van der Waals surface area contributed by atoms with E-state index in [1.165, 1.54) is 23.6 Å². The molecule has 0 spiro atoms. The number of halogens is 1. The van der Waals surface area contributed by atoms with Gasteiger partial charge in [0.05, 0.1) is 22.6 Å². The van der Waals surface area contributed by atoms with Crippen LogP contribution in [0.25, 0.3) is 10.9 Å². The number of pyridine rings is 1. The number of nitrogens with zero attached hydrogens (tertiary/aromatic N) is 3. The minimum absolute atomic E-state index is 0.149. The van der Waals surface area contributed by atoms with Crippen molar-refractivity contribution in [1.29, 1.82) is 0 Å². The number of hydrogen-bond donors (Lipinski definition) is 2. The van der Waals surface area contributed by atoms with Crippen molar-refractivity contribution in [2.24, 2.45) is 5.92 Å². The van der Waals surface area contributed by atoms with E-state index in [9.17, 15) is 18.0 Å². The van der Waals surface area contributed by atoms with E-state index < -0.39 is 16.1 Å². The Bertz CT molecular complexity index is 1230. The lowest BCUT2D eigenvalue weighted by molar-refractivity contribution is -0.118. The number of aromatic nitrogens is 1. The largest absolute Gasteiger partial charge is 0.355 e. The average Bonchev–Trinajstić information content (AvgIpc) is 3.41. The summed E-state index contributed by atoms with van der Waals surface area (Å²) in [6.45, 7) is 1.56. The van der Waals surface area contributed by atoms with Gasteiger partial charge in [-0.15, -0.1) is 0 Å². The molecule has 5 rings (SSSR count). The molecule has 182 valence electrons. The van der Waals surface area contributed by atoms with Gasteiger partial charge in [0.25, 0.3) is 5.91 Å². The van der Waals surface area contributed by atoms with Crippen LogP contribution >= 0.6 is 11.6 Å². The Balaban J connectivity index is 1.33. The normalized spacial score (nSPS) is 23.4. The summed E-state index contributed by atoms with van der Waals surface area (Å²) in [5, 5.41) is 4.14. The molecule has 1 aliphatic carbocycles. The molecule has 34 heavy (non-hydrogen) atoms. The zero-order chi connectivity index (χ0) is 23.9. The molecule has 1 aromatic heterocycles. The van der Waals surface area contributed by atoms with E-state index in [0.717, 1.165) is 12.8 Å². The summed E-state index contributed by atoms with van der Waals surface area (Å²) >= 11 is 6.42. The first-order valence-corrected chi connectivity index (χ1v) is 13.6. The maximum atomic E-state index is 13.0. The van der Waals surface area contributed by atoms with Crippen LogP contribution in [0.3, 0.4) is 0 Å². The van der Waals surface area contributed by atoms with Gasteiger partial charge in [-0.3, -0.25) is 9.59 Å². The number of nitrogens with one attached hydrogen (secondary N) is 2. The highest BCUT2D eigenvalue weighted by molar-refractivity contribution is 7.88. The fraction of sp³-hybridized carbons (Fsp3) is 0.522. The quantitative estimate of drug-likeness (QED) is 0.645. The van der Waals surface area contributed by atoms with E-state index in [0.29, 0.717) is 59.3 Å². The van der Waals surface area contributed by atoms with Crippen molar-refractivity contribution in [2.75, 3.05) is 31.1 Å².